The van der Waals surface area contributed by atoms with Gasteiger partial charge in [0.1, 0.15) is 11.5 Å². The molecule has 0 radical (unpaired) electrons. The molecule has 0 aliphatic carbocycles. The lowest BCUT2D eigenvalue weighted by Crippen LogP contribution is -2.45. The molecule has 1 aliphatic rings. The van der Waals surface area contributed by atoms with Crippen molar-refractivity contribution in [3.05, 3.63) is 76.0 Å². The summed E-state index contributed by atoms with van der Waals surface area (Å²) in [5.74, 6) is 0.389. The Morgan fingerprint density at radius 1 is 1.18 bits per heavy atom. The number of rotatable bonds is 5. The molecule has 2 aromatic carbocycles. The topological polar surface area (TPSA) is 72.1 Å². The first kappa shape index (κ1) is 22.7. The van der Waals surface area contributed by atoms with Crippen molar-refractivity contribution < 1.29 is 13.6 Å². The second kappa shape index (κ2) is 9.64. The molecule has 0 spiro atoms. The number of benzene rings is 2. The standard InChI is InChI=1S/C25H22ClFN4O2S/c1-15-28-22(23(34-15)16-9-11-17(27)12-10-16)25(32)31-13-5-4-6-18(31)14-21-29-30-24(33-21)19-7-2-3-8-20(19)26/h2-3,7-12,18H,4-6,13-14H2,1H3/t18-/m0/s1. The highest BCUT2D eigenvalue weighted by Crippen LogP contribution is 2.33. The van der Waals surface area contributed by atoms with Gasteiger partial charge in [-0.2, -0.15) is 0 Å². The number of carbonyl (C=O) groups is 1. The lowest BCUT2D eigenvalue weighted by molar-refractivity contribution is 0.0601. The van der Waals surface area contributed by atoms with Gasteiger partial charge in [0.15, 0.2) is 0 Å². The summed E-state index contributed by atoms with van der Waals surface area (Å²) in [6.07, 6.45) is 3.23. The molecule has 0 saturated carbocycles. The van der Waals surface area contributed by atoms with Crippen molar-refractivity contribution in [3.8, 4) is 21.9 Å². The molecule has 9 heteroatoms. The van der Waals surface area contributed by atoms with Crippen molar-refractivity contribution in [2.24, 2.45) is 0 Å². The van der Waals surface area contributed by atoms with Crippen LogP contribution < -0.4 is 0 Å². The zero-order chi connectivity index (χ0) is 23.7. The summed E-state index contributed by atoms with van der Waals surface area (Å²) in [7, 11) is 0. The molecule has 1 amide bonds. The van der Waals surface area contributed by atoms with Crippen LogP contribution in [0.4, 0.5) is 4.39 Å². The molecule has 1 aliphatic heterocycles. The van der Waals surface area contributed by atoms with Crippen LogP contribution in [0.3, 0.4) is 0 Å². The van der Waals surface area contributed by atoms with Crippen LogP contribution in [-0.4, -0.2) is 38.6 Å². The first-order valence-electron chi connectivity index (χ1n) is 11.1. The van der Waals surface area contributed by atoms with Crippen molar-refractivity contribution in [2.45, 2.75) is 38.6 Å². The van der Waals surface area contributed by atoms with Crippen molar-refractivity contribution >= 4 is 28.8 Å². The van der Waals surface area contributed by atoms with Gasteiger partial charge in [0.25, 0.3) is 5.91 Å². The SMILES string of the molecule is Cc1nc(C(=O)N2CCCC[C@H]2Cc2nnc(-c3ccccc3Cl)o2)c(-c2ccc(F)cc2)s1. The highest BCUT2D eigenvalue weighted by molar-refractivity contribution is 7.15. The normalized spacial score (nSPS) is 16.1. The number of nitrogens with zero attached hydrogens (tertiary/aromatic N) is 4. The summed E-state index contributed by atoms with van der Waals surface area (Å²) >= 11 is 7.70. The van der Waals surface area contributed by atoms with Crippen molar-refractivity contribution in [1.82, 2.24) is 20.1 Å². The number of aromatic nitrogens is 3. The van der Waals surface area contributed by atoms with E-state index in [1.165, 1.54) is 23.5 Å². The van der Waals surface area contributed by atoms with Crippen LogP contribution in [0.15, 0.2) is 52.9 Å². The van der Waals surface area contributed by atoms with Gasteiger partial charge in [-0.3, -0.25) is 4.79 Å². The highest BCUT2D eigenvalue weighted by atomic mass is 35.5. The minimum atomic E-state index is -0.315. The molecular weight excluding hydrogens is 475 g/mol. The number of aryl methyl sites for hydroxylation is 1. The van der Waals surface area contributed by atoms with Crippen LogP contribution >= 0.6 is 22.9 Å². The Morgan fingerprint density at radius 3 is 2.76 bits per heavy atom. The molecule has 0 bridgehead atoms. The minimum absolute atomic E-state index is 0.0798. The van der Waals surface area contributed by atoms with Crippen LogP contribution in [-0.2, 0) is 6.42 Å². The predicted molar refractivity (Wildman–Crippen MR) is 129 cm³/mol. The number of thiazole rings is 1. The zero-order valence-electron chi connectivity index (χ0n) is 18.5. The van der Waals surface area contributed by atoms with Gasteiger partial charge >= 0.3 is 0 Å². The molecule has 0 N–H and O–H groups in total. The molecule has 1 saturated heterocycles. The number of amides is 1. The number of halogens is 2. The molecule has 0 unspecified atom stereocenters. The lowest BCUT2D eigenvalue weighted by atomic mass is 9.98. The molecule has 174 valence electrons. The summed E-state index contributed by atoms with van der Waals surface area (Å²) in [6, 6.07) is 13.4. The van der Waals surface area contributed by atoms with Crippen LogP contribution in [0.1, 0.15) is 40.6 Å². The molecule has 2 aromatic heterocycles. The van der Waals surface area contributed by atoms with Gasteiger partial charge in [-0.05, 0) is 56.0 Å². The van der Waals surface area contributed by atoms with Gasteiger partial charge in [0.2, 0.25) is 11.8 Å². The zero-order valence-corrected chi connectivity index (χ0v) is 20.1. The second-order valence-electron chi connectivity index (χ2n) is 8.25. The van der Waals surface area contributed by atoms with Gasteiger partial charge in [-0.25, -0.2) is 9.37 Å². The fraction of sp³-hybridized carbons (Fsp3) is 0.280. The Morgan fingerprint density at radius 2 is 1.97 bits per heavy atom. The lowest BCUT2D eigenvalue weighted by Gasteiger charge is -2.35. The highest BCUT2D eigenvalue weighted by Gasteiger charge is 2.32. The van der Waals surface area contributed by atoms with Gasteiger partial charge < -0.3 is 9.32 Å². The minimum Gasteiger partial charge on any atom is -0.421 e. The third-order valence-electron chi connectivity index (χ3n) is 5.91. The fourth-order valence-corrected chi connectivity index (χ4v) is 5.40. The Labute approximate surface area is 205 Å². The van der Waals surface area contributed by atoms with Crippen molar-refractivity contribution in [3.63, 3.8) is 0 Å². The number of hydrogen-bond donors (Lipinski definition) is 0. The molecule has 5 rings (SSSR count). The molecule has 6 nitrogen and oxygen atoms in total. The van der Waals surface area contributed by atoms with Gasteiger partial charge in [0.05, 0.1) is 20.5 Å². The number of hydrogen-bond acceptors (Lipinski definition) is 6. The summed E-state index contributed by atoms with van der Waals surface area (Å²) in [5.41, 5.74) is 1.87. The van der Waals surface area contributed by atoms with E-state index in [-0.39, 0.29) is 17.8 Å². The molecular formula is C25H22ClFN4O2S. The van der Waals surface area contributed by atoms with E-state index in [9.17, 15) is 9.18 Å². The average molecular weight is 497 g/mol. The molecule has 4 aromatic rings. The fourth-order valence-electron chi connectivity index (χ4n) is 4.27. The number of likely N-dealkylation sites (tertiary alicyclic amines) is 1. The summed E-state index contributed by atoms with van der Waals surface area (Å²) < 4.78 is 19.3. The first-order chi connectivity index (χ1) is 16.5. The summed E-state index contributed by atoms with van der Waals surface area (Å²) in [6.45, 7) is 2.51. The Kier molecular flexibility index (Phi) is 6.43. The van der Waals surface area contributed by atoms with Gasteiger partial charge in [0, 0.05) is 19.0 Å². The maximum atomic E-state index is 13.7. The average Bonchev–Trinajstić information content (AvgIpc) is 3.46. The van der Waals surface area contributed by atoms with E-state index < -0.39 is 0 Å². The largest absolute Gasteiger partial charge is 0.421 e. The van der Waals surface area contributed by atoms with Crippen molar-refractivity contribution in [1.29, 1.82) is 0 Å². The van der Waals surface area contributed by atoms with E-state index in [0.29, 0.717) is 41.0 Å². The number of carbonyl (C=O) groups excluding carboxylic acids is 1. The number of piperidine rings is 1. The van der Waals surface area contributed by atoms with E-state index >= 15 is 0 Å². The maximum absolute atomic E-state index is 13.7. The van der Waals surface area contributed by atoms with E-state index in [4.69, 9.17) is 16.0 Å². The first-order valence-corrected chi connectivity index (χ1v) is 12.3. The van der Waals surface area contributed by atoms with Gasteiger partial charge in [-0.15, -0.1) is 21.5 Å². The molecule has 1 atom stereocenters. The maximum Gasteiger partial charge on any atom is 0.274 e. The smallest absolute Gasteiger partial charge is 0.274 e. The summed E-state index contributed by atoms with van der Waals surface area (Å²) in [5, 5.41) is 9.70. The molecule has 1 fully saturated rings. The van der Waals surface area contributed by atoms with E-state index in [1.807, 2.05) is 30.0 Å². The second-order valence-corrected chi connectivity index (χ2v) is 9.86. The Hall–Kier alpha value is -3.10. The quantitative estimate of drug-likeness (QED) is 0.329. The van der Waals surface area contributed by atoms with Gasteiger partial charge in [-0.1, -0.05) is 35.9 Å². The van der Waals surface area contributed by atoms with E-state index in [2.05, 4.69) is 15.2 Å². The van der Waals surface area contributed by atoms with E-state index in [1.54, 1.807) is 18.2 Å². The Balaban J connectivity index is 1.39. The van der Waals surface area contributed by atoms with E-state index in [0.717, 1.165) is 34.7 Å². The third-order valence-corrected chi connectivity index (χ3v) is 7.26. The van der Waals surface area contributed by atoms with Crippen molar-refractivity contribution in [2.75, 3.05) is 6.54 Å². The predicted octanol–water partition coefficient (Wildman–Crippen LogP) is 6.20. The van der Waals surface area contributed by atoms with Crippen LogP contribution in [0.2, 0.25) is 5.02 Å². The Bertz CT molecular complexity index is 1320. The third kappa shape index (κ3) is 4.60. The van der Waals surface area contributed by atoms with Crippen LogP contribution in [0.5, 0.6) is 0 Å². The summed E-state index contributed by atoms with van der Waals surface area (Å²) in [4.78, 5) is 20.8. The molecule has 34 heavy (non-hydrogen) atoms. The molecule has 3 heterocycles. The van der Waals surface area contributed by atoms with Crippen LogP contribution in [0, 0.1) is 12.7 Å². The monoisotopic (exact) mass is 496 g/mol. The van der Waals surface area contributed by atoms with Crippen LogP contribution in [0.25, 0.3) is 21.9 Å².